The maximum Gasteiger partial charge on any atom is 0.184 e. The van der Waals surface area contributed by atoms with E-state index in [0.717, 1.165) is 21.3 Å². The predicted octanol–water partition coefficient (Wildman–Crippen LogP) is 4.50. The summed E-state index contributed by atoms with van der Waals surface area (Å²) < 4.78 is 3.25. The first-order valence-electron chi connectivity index (χ1n) is 5.18. The number of H-pyrrole nitrogens is 1. The number of aromatic nitrogens is 3. The van der Waals surface area contributed by atoms with Gasteiger partial charge in [-0.2, -0.15) is 0 Å². The highest BCUT2D eigenvalue weighted by Crippen LogP contribution is 2.30. The van der Waals surface area contributed by atoms with Crippen LogP contribution in [0.15, 0.2) is 41.0 Å². The van der Waals surface area contributed by atoms with Crippen LogP contribution in [-0.4, -0.2) is 14.5 Å². The van der Waals surface area contributed by atoms with E-state index in [1.165, 1.54) is 0 Å². The summed E-state index contributed by atoms with van der Waals surface area (Å²) in [5.41, 5.74) is 2.55. The molecule has 18 heavy (non-hydrogen) atoms. The molecule has 90 valence electrons. The number of fused-ring (bicyclic) bond motifs is 1. The van der Waals surface area contributed by atoms with Crippen LogP contribution < -0.4 is 0 Å². The Kier molecular flexibility index (Phi) is 2.97. The molecule has 3 nitrogen and oxygen atoms in total. The van der Waals surface area contributed by atoms with Crippen LogP contribution in [0.25, 0.3) is 16.9 Å². The predicted molar refractivity (Wildman–Crippen MR) is 79.0 cm³/mol. The van der Waals surface area contributed by atoms with E-state index >= 15 is 0 Å². The number of imidazole rings is 1. The van der Waals surface area contributed by atoms with Gasteiger partial charge in [0.15, 0.2) is 10.4 Å². The molecule has 1 N–H and O–H groups in total. The molecule has 3 aromatic rings. The van der Waals surface area contributed by atoms with E-state index in [1.54, 1.807) is 6.20 Å². The molecule has 3 rings (SSSR count). The molecule has 0 atom stereocenters. The molecule has 2 heterocycles. The highest BCUT2D eigenvalue weighted by Gasteiger charge is 2.11. The molecular weight excluding hydrogens is 334 g/mol. The molecule has 0 unspecified atom stereocenters. The van der Waals surface area contributed by atoms with E-state index in [4.69, 9.17) is 23.8 Å². The maximum atomic E-state index is 6.11. The minimum Gasteiger partial charge on any atom is -0.329 e. The van der Waals surface area contributed by atoms with Crippen molar-refractivity contribution in [1.29, 1.82) is 0 Å². The molecular formula is C12H7BrClN3S. The van der Waals surface area contributed by atoms with E-state index in [9.17, 15) is 0 Å². The number of hydrogen-bond donors (Lipinski definition) is 1. The van der Waals surface area contributed by atoms with Crippen molar-refractivity contribution in [2.45, 2.75) is 0 Å². The largest absolute Gasteiger partial charge is 0.329 e. The SMILES string of the molecule is S=c1[nH]c2cccnc2n1-c1cccc(Cl)c1Br. The Morgan fingerprint density at radius 3 is 2.94 bits per heavy atom. The Bertz CT molecular complexity index is 793. The standard InChI is InChI=1S/C12H7BrClN3S/c13-10-7(14)3-1-5-9(10)17-11-8(16-12(17)18)4-2-6-15-11/h1-6H,(H,16,18). The van der Waals surface area contributed by atoms with Crippen molar-refractivity contribution in [1.82, 2.24) is 14.5 Å². The first-order chi connectivity index (χ1) is 8.68. The number of nitrogens with zero attached hydrogens (tertiary/aromatic N) is 2. The molecule has 0 saturated carbocycles. The lowest BCUT2D eigenvalue weighted by atomic mass is 10.3. The van der Waals surface area contributed by atoms with Crippen molar-refractivity contribution < 1.29 is 0 Å². The highest BCUT2D eigenvalue weighted by molar-refractivity contribution is 9.10. The van der Waals surface area contributed by atoms with Gasteiger partial charge in [0.1, 0.15) is 0 Å². The normalized spacial score (nSPS) is 11.0. The lowest BCUT2D eigenvalue weighted by Crippen LogP contribution is -1.96. The van der Waals surface area contributed by atoms with E-state index < -0.39 is 0 Å². The Labute approximate surface area is 122 Å². The molecule has 0 radical (unpaired) electrons. The molecule has 0 spiro atoms. The van der Waals surface area contributed by atoms with Crippen LogP contribution in [0.1, 0.15) is 0 Å². The van der Waals surface area contributed by atoms with Crippen molar-refractivity contribution >= 4 is 50.9 Å². The third-order valence-electron chi connectivity index (χ3n) is 2.62. The third-order valence-corrected chi connectivity index (χ3v) is 4.28. The minimum absolute atomic E-state index is 0.590. The molecule has 0 aliphatic rings. The van der Waals surface area contributed by atoms with Gasteiger partial charge in [-0.1, -0.05) is 17.7 Å². The summed E-state index contributed by atoms with van der Waals surface area (Å²) in [6, 6.07) is 9.44. The van der Waals surface area contributed by atoms with Crippen LogP contribution in [-0.2, 0) is 0 Å². The average molecular weight is 341 g/mol. The lowest BCUT2D eigenvalue weighted by Gasteiger charge is -2.07. The number of aromatic amines is 1. The van der Waals surface area contributed by atoms with Crippen LogP contribution in [0.4, 0.5) is 0 Å². The van der Waals surface area contributed by atoms with Crippen LogP contribution in [0.5, 0.6) is 0 Å². The number of pyridine rings is 1. The summed E-state index contributed by atoms with van der Waals surface area (Å²) in [6.45, 7) is 0. The molecule has 0 aliphatic carbocycles. The van der Waals surface area contributed by atoms with Crippen LogP contribution in [0.2, 0.25) is 5.02 Å². The van der Waals surface area contributed by atoms with E-state index in [-0.39, 0.29) is 0 Å². The molecule has 6 heteroatoms. The highest BCUT2D eigenvalue weighted by atomic mass is 79.9. The van der Waals surface area contributed by atoms with Gasteiger partial charge in [-0.3, -0.25) is 4.57 Å². The Hall–Kier alpha value is -1.17. The summed E-state index contributed by atoms with van der Waals surface area (Å²) in [5.74, 6) is 0. The zero-order valence-electron chi connectivity index (χ0n) is 9.02. The number of nitrogens with one attached hydrogen (secondary N) is 1. The van der Waals surface area contributed by atoms with Gasteiger partial charge >= 0.3 is 0 Å². The molecule has 2 aromatic heterocycles. The van der Waals surface area contributed by atoms with E-state index in [0.29, 0.717) is 9.79 Å². The first kappa shape index (κ1) is 11.9. The van der Waals surface area contributed by atoms with Crippen LogP contribution in [0.3, 0.4) is 0 Å². The van der Waals surface area contributed by atoms with Gasteiger partial charge in [-0.25, -0.2) is 4.98 Å². The second kappa shape index (κ2) is 4.50. The van der Waals surface area contributed by atoms with Crippen molar-refractivity contribution in [3.05, 3.63) is 50.8 Å². The first-order valence-corrected chi connectivity index (χ1v) is 6.76. The Balaban J connectivity index is 2.42. The quantitative estimate of drug-likeness (QED) is 0.662. The summed E-state index contributed by atoms with van der Waals surface area (Å²) in [7, 11) is 0. The summed E-state index contributed by atoms with van der Waals surface area (Å²) in [5, 5.41) is 0.639. The second-order valence-corrected chi connectivity index (χ2v) is 5.30. The maximum absolute atomic E-state index is 6.11. The third kappa shape index (κ3) is 1.79. The smallest absolute Gasteiger partial charge is 0.184 e. The minimum atomic E-state index is 0.590. The number of halogens is 2. The fraction of sp³-hybridized carbons (Fsp3) is 0. The molecule has 0 saturated heterocycles. The summed E-state index contributed by atoms with van der Waals surface area (Å²) in [6.07, 6.45) is 1.74. The fourth-order valence-corrected chi connectivity index (χ4v) is 2.73. The summed E-state index contributed by atoms with van der Waals surface area (Å²) in [4.78, 5) is 7.47. The van der Waals surface area contributed by atoms with Gasteiger partial charge in [-0.15, -0.1) is 0 Å². The monoisotopic (exact) mass is 339 g/mol. The van der Waals surface area contributed by atoms with E-state index in [2.05, 4.69) is 25.9 Å². The van der Waals surface area contributed by atoms with Gasteiger partial charge < -0.3 is 4.98 Å². The Morgan fingerprint density at radius 2 is 2.11 bits per heavy atom. The molecule has 1 aromatic carbocycles. The molecule has 0 amide bonds. The average Bonchev–Trinajstić information content (AvgIpc) is 2.69. The van der Waals surface area contributed by atoms with Crippen molar-refractivity contribution in [3.63, 3.8) is 0 Å². The van der Waals surface area contributed by atoms with Crippen molar-refractivity contribution in [2.75, 3.05) is 0 Å². The van der Waals surface area contributed by atoms with Crippen LogP contribution >= 0.6 is 39.7 Å². The van der Waals surface area contributed by atoms with Gasteiger partial charge in [-0.05, 0) is 52.4 Å². The number of benzene rings is 1. The van der Waals surface area contributed by atoms with Gasteiger partial charge in [0.05, 0.1) is 20.7 Å². The lowest BCUT2D eigenvalue weighted by molar-refractivity contribution is 1.04. The molecule has 0 bridgehead atoms. The zero-order valence-corrected chi connectivity index (χ0v) is 12.2. The van der Waals surface area contributed by atoms with E-state index in [1.807, 2.05) is 34.9 Å². The number of rotatable bonds is 1. The second-order valence-electron chi connectivity index (χ2n) is 3.71. The van der Waals surface area contributed by atoms with Gasteiger partial charge in [0, 0.05) is 6.20 Å². The van der Waals surface area contributed by atoms with Crippen LogP contribution in [0, 0.1) is 4.77 Å². The molecule has 0 fully saturated rings. The van der Waals surface area contributed by atoms with Gasteiger partial charge in [0.25, 0.3) is 0 Å². The van der Waals surface area contributed by atoms with Crippen molar-refractivity contribution in [2.24, 2.45) is 0 Å². The van der Waals surface area contributed by atoms with Crippen molar-refractivity contribution in [3.8, 4) is 5.69 Å². The van der Waals surface area contributed by atoms with Gasteiger partial charge in [0.2, 0.25) is 0 Å². The zero-order chi connectivity index (χ0) is 12.7. The number of hydrogen-bond acceptors (Lipinski definition) is 2. The Morgan fingerprint density at radius 1 is 1.28 bits per heavy atom. The topological polar surface area (TPSA) is 33.6 Å². The fourth-order valence-electron chi connectivity index (χ4n) is 1.83. The molecule has 0 aliphatic heterocycles. The summed E-state index contributed by atoms with van der Waals surface area (Å²) >= 11 is 14.9.